The van der Waals surface area contributed by atoms with Gasteiger partial charge in [-0.05, 0) is 61.8 Å². The molecule has 156 valence electrons. The molecule has 2 fully saturated rings. The van der Waals surface area contributed by atoms with Gasteiger partial charge in [0.2, 0.25) is 0 Å². The average Bonchev–Trinajstić information content (AvgIpc) is 2.77. The molecule has 0 N–H and O–H groups in total. The van der Waals surface area contributed by atoms with Gasteiger partial charge >= 0.3 is 7.60 Å². The molecule has 2 aliphatic rings. The van der Waals surface area contributed by atoms with Crippen molar-refractivity contribution in [2.75, 3.05) is 20.3 Å². The summed E-state index contributed by atoms with van der Waals surface area (Å²) in [6, 6.07) is 6.64. The Morgan fingerprint density at radius 3 is 1.75 bits per heavy atom. The van der Waals surface area contributed by atoms with E-state index in [-0.39, 0.29) is 0 Å². The Bertz CT molecular complexity index is 634. The highest BCUT2D eigenvalue weighted by Crippen LogP contribution is 2.53. The Morgan fingerprint density at radius 1 is 0.857 bits per heavy atom. The Hall–Kier alpha value is -1.16. The second kappa shape index (κ2) is 10.6. The van der Waals surface area contributed by atoms with E-state index in [9.17, 15) is 9.36 Å². The number of hydrogen-bond acceptors (Lipinski definition) is 5. The summed E-state index contributed by atoms with van der Waals surface area (Å²) in [4.78, 5) is 13.1. The quantitative estimate of drug-likeness (QED) is 0.454. The third-order valence-corrected chi connectivity index (χ3v) is 7.73. The lowest BCUT2D eigenvalue weighted by Gasteiger charge is -2.26. The largest absolute Gasteiger partial charge is 0.497 e. The van der Waals surface area contributed by atoms with E-state index < -0.39 is 13.1 Å². The molecule has 0 atom stereocenters. The van der Waals surface area contributed by atoms with E-state index in [0.717, 1.165) is 25.7 Å². The number of rotatable bonds is 9. The summed E-state index contributed by atoms with van der Waals surface area (Å²) in [6.45, 7) is 0.674. The zero-order valence-electron chi connectivity index (χ0n) is 16.9. The van der Waals surface area contributed by atoms with Gasteiger partial charge in [-0.1, -0.05) is 38.5 Å². The summed E-state index contributed by atoms with van der Waals surface area (Å²) in [7, 11) is -2.30. The van der Waals surface area contributed by atoms with Crippen LogP contribution < -0.4 is 4.74 Å². The molecule has 0 bridgehead atoms. The van der Waals surface area contributed by atoms with Gasteiger partial charge < -0.3 is 13.8 Å². The predicted molar refractivity (Wildman–Crippen MR) is 110 cm³/mol. The normalized spacial score (nSPS) is 19.5. The highest BCUT2D eigenvalue weighted by Gasteiger charge is 2.37. The van der Waals surface area contributed by atoms with Gasteiger partial charge in [-0.2, -0.15) is 0 Å². The highest BCUT2D eigenvalue weighted by molar-refractivity contribution is 7.72. The molecule has 2 saturated carbocycles. The first-order valence-corrected chi connectivity index (χ1v) is 12.2. The Morgan fingerprint density at radius 2 is 1.32 bits per heavy atom. The van der Waals surface area contributed by atoms with Crippen molar-refractivity contribution in [2.24, 2.45) is 11.8 Å². The van der Waals surface area contributed by atoms with E-state index in [2.05, 4.69) is 0 Å². The van der Waals surface area contributed by atoms with Gasteiger partial charge in [0, 0.05) is 5.56 Å². The number of carbonyl (C=O) groups excluding carboxylic acids is 1. The summed E-state index contributed by atoms with van der Waals surface area (Å²) in [5.74, 6) is 1.38. The smallest absolute Gasteiger partial charge is 0.401 e. The number of benzene rings is 1. The first-order valence-electron chi connectivity index (χ1n) is 10.7. The molecular weight excluding hydrogens is 375 g/mol. The van der Waals surface area contributed by atoms with Crippen LogP contribution in [0.2, 0.25) is 0 Å². The maximum Gasteiger partial charge on any atom is 0.401 e. The summed E-state index contributed by atoms with van der Waals surface area (Å²) < 4.78 is 30.2. The van der Waals surface area contributed by atoms with Crippen molar-refractivity contribution in [1.82, 2.24) is 0 Å². The van der Waals surface area contributed by atoms with Crippen molar-refractivity contribution in [2.45, 2.75) is 64.2 Å². The van der Waals surface area contributed by atoms with E-state index in [4.69, 9.17) is 13.8 Å². The third-order valence-electron chi connectivity index (χ3n) is 6.00. The molecule has 0 spiro atoms. The third kappa shape index (κ3) is 5.92. The van der Waals surface area contributed by atoms with Crippen LogP contribution >= 0.6 is 7.60 Å². The van der Waals surface area contributed by atoms with Crippen LogP contribution in [0.15, 0.2) is 24.3 Å². The van der Waals surface area contributed by atoms with Crippen LogP contribution in [0, 0.1) is 11.8 Å². The molecule has 0 aromatic heterocycles. The summed E-state index contributed by atoms with van der Waals surface area (Å²) >= 11 is 0. The fourth-order valence-electron chi connectivity index (χ4n) is 4.16. The van der Waals surface area contributed by atoms with E-state index >= 15 is 0 Å². The van der Waals surface area contributed by atoms with Crippen molar-refractivity contribution < 1.29 is 23.1 Å². The van der Waals surface area contributed by atoms with Crippen molar-refractivity contribution >= 4 is 13.1 Å². The molecule has 0 amide bonds. The molecule has 2 aliphatic carbocycles. The maximum atomic E-state index is 13.5. The molecule has 3 rings (SSSR count). The zero-order chi connectivity index (χ0) is 19.8. The number of carbonyl (C=O) groups is 1. The molecule has 5 nitrogen and oxygen atoms in total. The van der Waals surface area contributed by atoms with E-state index in [1.165, 1.54) is 38.5 Å². The maximum absolute atomic E-state index is 13.5. The molecule has 6 heteroatoms. The standard InChI is InChI=1S/C22H33O5P/c1-25-21-14-12-20(13-15-21)22(23)28(24,26-16-18-8-4-2-5-9-18)27-17-19-10-6-3-7-11-19/h12-15,18-19H,2-11,16-17H2,1H3. The van der Waals surface area contributed by atoms with Gasteiger partial charge in [-0.25, -0.2) is 0 Å². The summed E-state index contributed by atoms with van der Waals surface area (Å²) in [5, 5.41) is 0. The number of hydrogen-bond donors (Lipinski definition) is 0. The topological polar surface area (TPSA) is 61.8 Å². The van der Waals surface area contributed by atoms with Crippen molar-refractivity contribution in [1.29, 1.82) is 0 Å². The summed E-state index contributed by atoms with van der Waals surface area (Å²) in [6.07, 6.45) is 11.5. The van der Waals surface area contributed by atoms with Gasteiger partial charge in [0.25, 0.3) is 5.52 Å². The van der Waals surface area contributed by atoms with Crippen molar-refractivity contribution in [3.8, 4) is 5.75 Å². The number of ether oxygens (including phenoxy) is 1. The minimum atomic E-state index is -3.87. The average molecular weight is 408 g/mol. The minimum absolute atomic E-state index is 0.337. The van der Waals surface area contributed by atoms with Crippen LogP contribution in [0.5, 0.6) is 5.75 Å². The minimum Gasteiger partial charge on any atom is -0.497 e. The highest BCUT2D eigenvalue weighted by atomic mass is 31.2. The van der Waals surface area contributed by atoms with Crippen molar-refractivity contribution in [3.05, 3.63) is 29.8 Å². The first kappa shape index (κ1) is 21.5. The molecular formula is C22H33O5P. The Balaban J connectivity index is 1.69. The van der Waals surface area contributed by atoms with Crippen LogP contribution in [0.1, 0.15) is 74.6 Å². The molecule has 0 heterocycles. The van der Waals surface area contributed by atoms with Gasteiger partial charge in [-0.3, -0.25) is 9.36 Å². The molecule has 0 aliphatic heterocycles. The van der Waals surface area contributed by atoms with Crippen LogP contribution in [0.3, 0.4) is 0 Å². The van der Waals surface area contributed by atoms with Gasteiger partial charge in [-0.15, -0.1) is 0 Å². The van der Waals surface area contributed by atoms with E-state index in [1.807, 2.05) is 0 Å². The van der Waals surface area contributed by atoms with Gasteiger partial charge in [0.05, 0.1) is 20.3 Å². The predicted octanol–water partition coefficient (Wildman–Crippen LogP) is 6.22. The lowest BCUT2D eigenvalue weighted by atomic mass is 9.90. The lowest BCUT2D eigenvalue weighted by Crippen LogP contribution is -2.18. The van der Waals surface area contributed by atoms with E-state index in [0.29, 0.717) is 36.4 Å². The SMILES string of the molecule is COc1ccc(C(=O)P(=O)(OCC2CCCCC2)OCC2CCCCC2)cc1. The monoisotopic (exact) mass is 408 g/mol. The van der Waals surface area contributed by atoms with Gasteiger partial charge in [0.1, 0.15) is 5.75 Å². The van der Waals surface area contributed by atoms with E-state index in [1.54, 1.807) is 31.4 Å². The second-order valence-corrected chi connectivity index (χ2v) is 10.0. The molecule has 0 unspecified atom stereocenters. The fraction of sp³-hybridized carbons (Fsp3) is 0.682. The zero-order valence-corrected chi connectivity index (χ0v) is 17.8. The Labute approximate surface area is 168 Å². The van der Waals surface area contributed by atoms with Crippen LogP contribution in [0.25, 0.3) is 0 Å². The van der Waals surface area contributed by atoms with Crippen LogP contribution in [-0.2, 0) is 13.6 Å². The molecule has 28 heavy (non-hydrogen) atoms. The second-order valence-electron chi connectivity index (χ2n) is 8.13. The Kier molecular flexibility index (Phi) is 8.13. The molecule has 1 aromatic rings. The lowest BCUT2D eigenvalue weighted by molar-refractivity contribution is 0.0936. The molecule has 0 radical (unpaired) electrons. The van der Waals surface area contributed by atoms with Crippen molar-refractivity contribution in [3.63, 3.8) is 0 Å². The molecule has 1 aromatic carbocycles. The van der Waals surface area contributed by atoms with Crippen LogP contribution in [0.4, 0.5) is 0 Å². The summed E-state index contributed by atoms with van der Waals surface area (Å²) in [5.41, 5.74) is -0.196. The van der Waals surface area contributed by atoms with Crippen LogP contribution in [-0.4, -0.2) is 25.8 Å². The number of methoxy groups -OCH3 is 1. The van der Waals surface area contributed by atoms with Gasteiger partial charge in [0.15, 0.2) is 0 Å². The molecule has 0 saturated heterocycles. The first-order chi connectivity index (χ1) is 13.6. The fourth-order valence-corrected chi connectivity index (χ4v) is 5.75.